The maximum atomic E-state index is 11.9. The lowest BCUT2D eigenvalue weighted by atomic mass is 9.63. The van der Waals surface area contributed by atoms with Crippen LogP contribution in [-0.2, 0) is 4.79 Å². The number of rotatable bonds is 0. The lowest BCUT2D eigenvalue weighted by Crippen LogP contribution is -2.41. The Balaban J connectivity index is 2.05. The fraction of sp³-hybridized carbons (Fsp3) is 0.769. The molecule has 0 heterocycles. The topological polar surface area (TPSA) is 37.3 Å². The van der Waals surface area contributed by atoms with Gasteiger partial charge in [0.2, 0.25) is 0 Å². The molecule has 2 nitrogen and oxygen atoms in total. The van der Waals surface area contributed by atoms with Crippen LogP contribution in [0.3, 0.4) is 0 Å². The first-order valence-electron chi connectivity index (χ1n) is 6.20. The van der Waals surface area contributed by atoms with E-state index in [0.29, 0.717) is 18.1 Å². The highest BCUT2D eigenvalue weighted by molar-refractivity contribution is 5.86. The fourth-order valence-corrected chi connectivity index (χ4v) is 3.77. The molecule has 3 rings (SSSR count). The number of carbonyl (C=O) groups is 1. The molecular formula is C13H18O2. The van der Waals surface area contributed by atoms with Crippen molar-refractivity contribution in [1.82, 2.24) is 0 Å². The van der Waals surface area contributed by atoms with Crippen LogP contribution in [0.4, 0.5) is 0 Å². The van der Waals surface area contributed by atoms with Crippen LogP contribution < -0.4 is 0 Å². The molecule has 3 aliphatic rings. The maximum absolute atomic E-state index is 11.9. The van der Waals surface area contributed by atoms with E-state index in [1.165, 1.54) is 36.8 Å². The Morgan fingerprint density at radius 1 is 1.13 bits per heavy atom. The van der Waals surface area contributed by atoms with E-state index in [1.54, 1.807) is 0 Å². The van der Waals surface area contributed by atoms with E-state index in [-0.39, 0.29) is 12.0 Å². The third-order valence-corrected chi connectivity index (χ3v) is 4.41. The molecule has 0 aromatic rings. The number of ketones is 1. The van der Waals surface area contributed by atoms with Crippen molar-refractivity contribution in [3.63, 3.8) is 0 Å². The smallest absolute Gasteiger partial charge is 0.142 e. The number of Topliss-reactive ketones (excluding diaryl/α,β-unsaturated/α-hetero) is 1. The second-order valence-electron chi connectivity index (χ2n) is 5.24. The average molecular weight is 206 g/mol. The van der Waals surface area contributed by atoms with Gasteiger partial charge in [0.1, 0.15) is 5.78 Å². The number of aliphatic hydroxyl groups is 1. The molecule has 0 spiro atoms. The normalized spacial score (nSPS) is 40.3. The molecule has 82 valence electrons. The summed E-state index contributed by atoms with van der Waals surface area (Å²) >= 11 is 0. The van der Waals surface area contributed by atoms with Crippen LogP contribution in [0, 0.1) is 11.8 Å². The maximum Gasteiger partial charge on any atom is 0.142 e. The molecule has 1 saturated carbocycles. The standard InChI is InChI=1S/C13H18O2/c14-11-7-12(15)10-6-2-4-8-3-1-5-9(11)13(8)10/h9-11,14H,1-7H2. The van der Waals surface area contributed by atoms with Crippen molar-refractivity contribution in [1.29, 1.82) is 0 Å². The van der Waals surface area contributed by atoms with Gasteiger partial charge in [-0.05, 0) is 38.5 Å². The van der Waals surface area contributed by atoms with Gasteiger partial charge in [0.25, 0.3) is 0 Å². The second-order valence-corrected chi connectivity index (χ2v) is 5.24. The zero-order valence-corrected chi connectivity index (χ0v) is 9.04. The molecule has 1 fully saturated rings. The Kier molecular flexibility index (Phi) is 2.20. The van der Waals surface area contributed by atoms with Crippen LogP contribution in [0.2, 0.25) is 0 Å². The first-order valence-corrected chi connectivity index (χ1v) is 6.20. The summed E-state index contributed by atoms with van der Waals surface area (Å²) in [4.78, 5) is 11.9. The number of hydrogen-bond acceptors (Lipinski definition) is 2. The van der Waals surface area contributed by atoms with E-state index in [9.17, 15) is 9.90 Å². The van der Waals surface area contributed by atoms with E-state index in [2.05, 4.69) is 0 Å². The summed E-state index contributed by atoms with van der Waals surface area (Å²) in [6.07, 6.45) is 6.93. The van der Waals surface area contributed by atoms with Gasteiger partial charge < -0.3 is 5.11 Å². The molecule has 3 aliphatic carbocycles. The third-order valence-electron chi connectivity index (χ3n) is 4.41. The van der Waals surface area contributed by atoms with E-state index < -0.39 is 0 Å². The highest BCUT2D eigenvalue weighted by Gasteiger charge is 2.42. The van der Waals surface area contributed by atoms with Gasteiger partial charge in [-0.25, -0.2) is 0 Å². The SMILES string of the molecule is O=C1CC(O)C2CCCC3=C2C1CCC3. The van der Waals surface area contributed by atoms with E-state index >= 15 is 0 Å². The zero-order chi connectivity index (χ0) is 10.4. The summed E-state index contributed by atoms with van der Waals surface area (Å²) in [6.45, 7) is 0. The first-order chi connectivity index (χ1) is 7.27. The van der Waals surface area contributed by atoms with Crippen molar-refractivity contribution in [2.45, 2.75) is 51.0 Å². The Hall–Kier alpha value is -0.630. The molecule has 2 heteroatoms. The number of carbonyl (C=O) groups excluding carboxylic acids is 1. The van der Waals surface area contributed by atoms with Gasteiger partial charge in [0, 0.05) is 18.3 Å². The van der Waals surface area contributed by atoms with Crippen molar-refractivity contribution in [2.24, 2.45) is 11.8 Å². The first kappa shape index (κ1) is 9.59. The Morgan fingerprint density at radius 2 is 1.87 bits per heavy atom. The highest BCUT2D eigenvalue weighted by atomic mass is 16.3. The fourth-order valence-electron chi connectivity index (χ4n) is 3.77. The van der Waals surface area contributed by atoms with Crippen LogP contribution in [-0.4, -0.2) is 17.0 Å². The summed E-state index contributed by atoms with van der Waals surface area (Å²) in [5, 5.41) is 9.97. The molecule has 15 heavy (non-hydrogen) atoms. The summed E-state index contributed by atoms with van der Waals surface area (Å²) < 4.78 is 0. The second kappa shape index (κ2) is 3.44. The predicted octanol–water partition coefficient (Wildman–Crippen LogP) is 2.22. The Labute approximate surface area is 90.4 Å². The van der Waals surface area contributed by atoms with E-state index in [1.807, 2.05) is 0 Å². The molecule has 0 aliphatic heterocycles. The monoisotopic (exact) mass is 206 g/mol. The summed E-state index contributed by atoms with van der Waals surface area (Å²) in [6, 6.07) is 0. The van der Waals surface area contributed by atoms with E-state index in [0.717, 1.165) is 12.8 Å². The lowest BCUT2D eigenvalue weighted by molar-refractivity contribution is -0.127. The molecule has 0 aromatic heterocycles. The molecular weight excluding hydrogens is 188 g/mol. The van der Waals surface area contributed by atoms with Gasteiger partial charge in [-0.15, -0.1) is 0 Å². The van der Waals surface area contributed by atoms with Crippen molar-refractivity contribution in [2.75, 3.05) is 0 Å². The van der Waals surface area contributed by atoms with Crippen LogP contribution >= 0.6 is 0 Å². The lowest BCUT2D eigenvalue weighted by Gasteiger charge is -2.42. The van der Waals surface area contributed by atoms with Gasteiger partial charge >= 0.3 is 0 Å². The quantitative estimate of drug-likeness (QED) is 0.617. The minimum atomic E-state index is -0.378. The molecule has 0 aromatic carbocycles. The van der Waals surface area contributed by atoms with Gasteiger partial charge in [0.05, 0.1) is 6.10 Å². The zero-order valence-electron chi connectivity index (χ0n) is 9.04. The van der Waals surface area contributed by atoms with Crippen molar-refractivity contribution < 1.29 is 9.90 Å². The third kappa shape index (κ3) is 1.38. The van der Waals surface area contributed by atoms with Crippen LogP contribution in [0.5, 0.6) is 0 Å². The minimum Gasteiger partial charge on any atom is -0.392 e. The van der Waals surface area contributed by atoms with Crippen molar-refractivity contribution in [3.8, 4) is 0 Å². The average Bonchev–Trinajstić information content (AvgIpc) is 2.25. The molecule has 0 saturated heterocycles. The van der Waals surface area contributed by atoms with Gasteiger partial charge in [-0.2, -0.15) is 0 Å². The Morgan fingerprint density at radius 3 is 2.67 bits per heavy atom. The largest absolute Gasteiger partial charge is 0.392 e. The molecule has 1 N–H and O–H groups in total. The van der Waals surface area contributed by atoms with E-state index in [4.69, 9.17) is 0 Å². The number of allylic oxidation sites excluding steroid dienone is 1. The molecule has 3 atom stereocenters. The Bertz CT molecular complexity index is 325. The molecule has 0 radical (unpaired) electrons. The summed E-state index contributed by atoms with van der Waals surface area (Å²) in [7, 11) is 0. The summed E-state index contributed by atoms with van der Waals surface area (Å²) in [5.41, 5.74) is 2.89. The van der Waals surface area contributed by atoms with Crippen LogP contribution in [0.25, 0.3) is 0 Å². The highest BCUT2D eigenvalue weighted by Crippen LogP contribution is 2.47. The molecule has 0 bridgehead atoms. The van der Waals surface area contributed by atoms with Gasteiger partial charge in [0.15, 0.2) is 0 Å². The van der Waals surface area contributed by atoms with Gasteiger partial charge in [-0.3, -0.25) is 4.79 Å². The van der Waals surface area contributed by atoms with Gasteiger partial charge in [-0.1, -0.05) is 11.1 Å². The van der Waals surface area contributed by atoms with Crippen molar-refractivity contribution in [3.05, 3.63) is 11.1 Å². The number of hydrogen-bond donors (Lipinski definition) is 1. The predicted molar refractivity (Wildman–Crippen MR) is 57.3 cm³/mol. The summed E-state index contributed by atoms with van der Waals surface area (Å²) in [5.74, 6) is 0.826. The van der Waals surface area contributed by atoms with Crippen LogP contribution in [0.1, 0.15) is 44.9 Å². The molecule has 0 amide bonds. The number of aliphatic hydroxyl groups excluding tert-OH is 1. The molecule has 3 unspecified atom stereocenters. The van der Waals surface area contributed by atoms with Crippen LogP contribution in [0.15, 0.2) is 11.1 Å². The minimum absolute atomic E-state index is 0.197. The van der Waals surface area contributed by atoms with Crippen molar-refractivity contribution >= 4 is 5.78 Å².